The Morgan fingerprint density at radius 1 is 1.30 bits per heavy atom. The van der Waals surface area contributed by atoms with E-state index in [1.54, 1.807) is 0 Å². The molecule has 0 radical (unpaired) electrons. The third kappa shape index (κ3) is 3.52. The number of nitrogens with one attached hydrogen (secondary N) is 1. The van der Waals surface area contributed by atoms with E-state index in [0.717, 1.165) is 23.5 Å². The molecule has 3 heterocycles. The fourth-order valence-corrected chi connectivity index (χ4v) is 3.92. The molecule has 5 heteroatoms. The molecule has 1 aliphatic rings. The van der Waals surface area contributed by atoms with Crippen LogP contribution >= 0.6 is 27.3 Å². The molecule has 0 aliphatic carbocycles. The van der Waals surface area contributed by atoms with Gasteiger partial charge in [0.25, 0.3) is 0 Å². The van der Waals surface area contributed by atoms with Crippen LogP contribution in [-0.4, -0.2) is 24.5 Å². The zero-order valence-corrected chi connectivity index (χ0v) is 13.8. The van der Waals surface area contributed by atoms with Crippen LogP contribution in [0.1, 0.15) is 29.5 Å². The lowest BCUT2D eigenvalue weighted by atomic mass is 10.2. The van der Waals surface area contributed by atoms with Crippen molar-refractivity contribution in [1.29, 1.82) is 0 Å². The monoisotopic (exact) mass is 354 g/mol. The molecule has 1 N–H and O–H groups in total. The van der Waals surface area contributed by atoms with Crippen LogP contribution < -0.4 is 5.32 Å². The summed E-state index contributed by atoms with van der Waals surface area (Å²) < 4.78 is 6.32. The van der Waals surface area contributed by atoms with Crippen LogP contribution in [0.2, 0.25) is 0 Å². The number of likely N-dealkylation sites (tertiary alicyclic amines) is 1. The molecule has 0 amide bonds. The third-order valence-corrected chi connectivity index (χ3v) is 5.12. The summed E-state index contributed by atoms with van der Waals surface area (Å²) >= 11 is 5.19. The highest BCUT2D eigenvalue weighted by Gasteiger charge is 2.23. The topological polar surface area (TPSA) is 28.4 Å². The van der Waals surface area contributed by atoms with E-state index < -0.39 is 0 Å². The van der Waals surface area contributed by atoms with Crippen LogP contribution in [0.5, 0.6) is 0 Å². The third-order valence-electron chi connectivity index (χ3n) is 3.72. The first-order chi connectivity index (χ1) is 9.83. The van der Waals surface area contributed by atoms with E-state index in [1.807, 2.05) is 23.5 Å². The molecule has 0 spiro atoms. The van der Waals surface area contributed by atoms with E-state index in [-0.39, 0.29) is 0 Å². The number of thiophene rings is 1. The number of hydrogen-bond donors (Lipinski definition) is 1. The summed E-state index contributed by atoms with van der Waals surface area (Å²) in [6.45, 7) is 4.19. The molecule has 2 aromatic heterocycles. The molecule has 1 atom stereocenters. The molecule has 3 rings (SSSR count). The first-order valence-corrected chi connectivity index (χ1v) is 8.72. The highest BCUT2D eigenvalue weighted by atomic mass is 79.9. The number of nitrogens with zero attached hydrogens (tertiary/aromatic N) is 1. The summed E-state index contributed by atoms with van der Waals surface area (Å²) in [4.78, 5) is 4.05. The van der Waals surface area contributed by atoms with Gasteiger partial charge in [-0.3, -0.25) is 4.90 Å². The van der Waals surface area contributed by atoms with Crippen molar-refractivity contribution in [1.82, 2.24) is 10.2 Å². The Balaban J connectivity index is 1.58. The van der Waals surface area contributed by atoms with Crippen LogP contribution in [0.3, 0.4) is 0 Å². The van der Waals surface area contributed by atoms with Crippen LogP contribution in [0.25, 0.3) is 0 Å². The van der Waals surface area contributed by atoms with Crippen molar-refractivity contribution in [2.24, 2.45) is 0 Å². The minimum atomic E-state index is 0.496. The molecule has 1 aliphatic heterocycles. The molecule has 2 aromatic rings. The average molecular weight is 355 g/mol. The highest BCUT2D eigenvalue weighted by Crippen LogP contribution is 2.28. The van der Waals surface area contributed by atoms with E-state index in [0.29, 0.717) is 6.04 Å². The quantitative estimate of drug-likeness (QED) is 0.848. The van der Waals surface area contributed by atoms with Gasteiger partial charge in [0, 0.05) is 11.4 Å². The lowest BCUT2D eigenvalue weighted by molar-refractivity contribution is 0.240. The van der Waals surface area contributed by atoms with E-state index in [1.165, 1.54) is 30.8 Å². The van der Waals surface area contributed by atoms with E-state index >= 15 is 0 Å². The second-order valence-corrected chi connectivity index (χ2v) is 6.87. The Morgan fingerprint density at radius 3 is 2.80 bits per heavy atom. The molecule has 108 valence electrons. The molecule has 20 heavy (non-hydrogen) atoms. The summed E-state index contributed by atoms with van der Waals surface area (Å²) in [5.74, 6) is 0.975. The first-order valence-electron chi connectivity index (χ1n) is 7.05. The maximum Gasteiger partial charge on any atom is 0.169 e. The summed E-state index contributed by atoms with van der Waals surface area (Å²) in [5.41, 5.74) is 0. The van der Waals surface area contributed by atoms with Gasteiger partial charge in [0.05, 0.1) is 12.6 Å². The number of halogens is 1. The molecule has 1 unspecified atom stereocenters. The van der Waals surface area contributed by atoms with Gasteiger partial charge in [0.1, 0.15) is 5.76 Å². The van der Waals surface area contributed by atoms with Crippen LogP contribution in [0.4, 0.5) is 0 Å². The molecule has 0 aromatic carbocycles. The van der Waals surface area contributed by atoms with E-state index in [9.17, 15) is 0 Å². The predicted molar refractivity (Wildman–Crippen MR) is 86.0 cm³/mol. The molecule has 1 saturated heterocycles. The lowest BCUT2D eigenvalue weighted by Gasteiger charge is -2.26. The average Bonchev–Trinajstić information content (AvgIpc) is 3.18. The van der Waals surface area contributed by atoms with Gasteiger partial charge in [-0.25, -0.2) is 0 Å². The zero-order valence-electron chi connectivity index (χ0n) is 11.3. The van der Waals surface area contributed by atoms with Gasteiger partial charge >= 0.3 is 0 Å². The smallest absolute Gasteiger partial charge is 0.169 e. The fourth-order valence-electron chi connectivity index (χ4n) is 2.72. The van der Waals surface area contributed by atoms with Crippen molar-refractivity contribution in [3.8, 4) is 0 Å². The standard InChI is InChI=1S/C15H19BrN2OS/c16-15-6-5-12(19-15)10-17-11-13(14-4-3-9-20-14)18-7-1-2-8-18/h3-6,9,13,17H,1-2,7-8,10-11H2. The normalized spacial score (nSPS) is 17.6. The van der Waals surface area contributed by atoms with Crippen molar-refractivity contribution in [2.75, 3.05) is 19.6 Å². The van der Waals surface area contributed by atoms with Crippen LogP contribution in [0, 0.1) is 0 Å². The minimum absolute atomic E-state index is 0.496. The molecular formula is C15H19BrN2OS. The van der Waals surface area contributed by atoms with Gasteiger partial charge in [-0.15, -0.1) is 11.3 Å². The largest absolute Gasteiger partial charge is 0.453 e. The van der Waals surface area contributed by atoms with Crippen LogP contribution in [0.15, 0.2) is 38.7 Å². The van der Waals surface area contributed by atoms with Crippen molar-refractivity contribution in [3.05, 3.63) is 45.0 Å². The molecule has 0 saturated carbocycles. The van der Waals surface area contributed by atoms with Crippen LogP contribution in [-0.2, 0) is 6.54 Å². The molecule has 3 nitrogen and oxygen atoms in total. The van der Waals surface area contributed by atoms with Gasteiger partial charge in [-0.1, -0.05) is 6.07 Å². The van der Waals surface area contributed by atoms with Gasteiger partial charge in [-0.2, -0.15) is 0 Å². The van der Waals surface area contributed by atoms with Crippen molar-refractivity contribution < 1.29 is 4.42 Å². The number of hydrogen-bond acceptors (Lipinski definition) is 4. The van der Waals surface area contributed by atoms with Crippen molar-refractivity contribution >= 4 is 27.3 Å². The first kappa shape index (κ1) is 14.3. The molecular weight excluding hydrogens is 336 g/mol. The number of rotatable bonds is 6. The Morgan fingerprint density at radius 2 is 2.15 bits per heavy atom. The maximum atomic E-state index is 5.52. The van der Waals surface area contributed by atoms with Crippen molar-refractivity contribution in [2.45, 2.75) is 25.4 Å². The molecule has 0 bridgehead atoms. The fraction of sp³-hybridized carbons (Fsp3) is 0.467. The Hall–Kier alpha value is -0.620. The maximum absolute atomic E-state index is 5.52. The summed E-state index contributed by atoms with van der Waals surface area (Å²) in [6.07, 6.45) is 2.65. The molecule has 1 fully saturated rings. The Labute approximate surface area is 132 Å². The van der Waals surface area contributed by atoms with Gasteiger partial charge < -0.3 is 9.73 Å². The summed E-state index contributed by atoms with van der Waals surface area (Å²) in [7, 11) is 0. The van der Waals surface area contributed by atoms with Gasteiger partial charge in [0.2, 0.25) is 0 Å². The van der Waals surface area contributed by atoms with E-state index in [2.05, 4.69) is 43.7 Å². The van der Waals surface area contributed by atoms with Gasteiger partial charge in [-0.05, 0) is 65.4 Å². The Kier molecular flexibility index (Phi) is 4.94. The van der Waals surface area contributed by atoms with Gasteiger partial charge in [0.15, 0.2) is 4.67 Å². The summed E-state index contributed by atoms with van der Waals surface area (Å²) in [5, 5.41) is 5.70. The predicted octanol–water partition coefficient (Wildman–Crippen LogP) is 4.03. The zero-order chi connectivity index (χ0) is 13.8. The van der Waals surface area contributed by atoms with E-state index in [4.69, 9.17) is 4.42 Å². The second-order valence-electron chi connectivity index (χ2n) is 5.11. The summed E-state index contributed by atoms with van der Waals surface area (Å²) in [6, 6.07) is 8.84. The minimum Gasteiger partial charge on any atom is -0.453 e. The lowest BCUT2D eigenvalue weighted by Crippen LogP contribution is -2.33. The SMILES string of the molecule is Brc1ccc(CNCC(c2cccs2)N2CCCC2)o1. The second kappa shape index (κ2) is 6.89. The van der Waals surface area contributed by atoms with Crippen molar-refractivity contribution in [3.63, 3.8) is 0 Å². The Bertz CT molecular complexity index is 520. The highest BCUT2D eigenvalue weighted by molar-refractivity contribution is 9.10. The number of furan rings is 1.